The SMILES string of the molecule is CC(C)(C)c1ccccc1NC(=NC1CCC(O)CC1)NC(=O)c1ccc(C(F)(F)F)cc1. The zero-order valence-corrected chi connectivity index (χ0v) is 19.0. The van der Waals surface area contributed by atoms with E-state index in [-0.39, 0.29) is 29.1 Å². The summed E-state index contributed by atoms with van der Waals surface area (Å²) >= 11 is 0. The molecule has 1 amide bonds. The Morgan fingerprint density at radius 1 is 0.970 bits per heavy atom. The van der Waals surface area contributed by atoms with E-state index in [9.17, 15) is 23.1 Å². The second-order valence-corrected chi connectivity index (χ2v) is 9.39. The minimum atomic E-state index is -4.47. The van der Waals surface area contributed by atoms with E-state index < -0.39 is 17.6 Å². The van der Waals surface area contributed by atoms with Crippen LogP contribution in [-0.4, -0.2) is 29.1 Å². The molecule has 3 rings (SSSR count). The lowest BCUT2D eigenvalue weighted by Gasteiger charge is -2.26. The lowest BCUT2D eigenvalue weighted by molar-refractivity contribution is -0.137. The summed E-state index contributed by atoms with van der Waals surface area (Å²) in [6, 6.07) is 11.7. The molecule has 1 fully saturated rings. The molecule has 0 aromatic heterocycles. The number of alkyl halides is 3. The summed E-state index contributed by atoms with van der Waals surface area (Å²) in [5, 5.41) is 15.7. The molecule has 0 radical (unpaired) electrons. The van der Waals surface area contributed by atoms with Gasteiger partial charge in [0.05, 0.1) is 17.7 Å². The molecule has 0 spiro atoms. The van der Waals surface area contributed by atoms with Gasteiger partial charge in [-0.25, -0.2) is 4.99 Å². The van der Waals surface area contributed by atoms with Crippen molar-refractivity contribution in [2.75, 3.05) is 5.32 Å². The Bertz CT molecular complexity index is 987. The molecule has 0 bridgehead atoms. The Labute approximate surface area is 192 Å². The molecule has 1 aliphatic rings. The fourth-order valence-electron chi connectivity index (χ4n) is 3.83. The van der Waals surface area contributed by atoms with Gasteiger partial charge in [0.2, 0.25) is 5.96 Å². The molecule has 5 nitrogen and oxygen atoms in total. The van der Waals surface area contributed by atoms with E-state index in [1.165, 1.54) is 0 Å². The van der Waals surface area contributed by atoms with Crippen LogP contribution < -0.4 is 10.6 Å². The van der Waals surface area contributed by atoms with Crippen molar-refractivity contribution in [3.05, 3.63) is 65.2 Å². The topological polar surface area (TPSA) is 73.7 Å². The number of hydrogen-bond acceptors (Lipinski definition) is 3. The molecule has 0 aliphatic heterocycles. The molecule has 0 atom stereocenters. The number of nitrogens with zero attached hydrogens (tertiary/aromatic N) is 1. The van der Waals surface area contributed by atoms with Gasteiger partial charge in [-0.1, -0.05) is 39.0 Å². The summed E-state index contributed by atoms with van der Waals surface area (Å²) in [4.78, 5) is 17.5. The number of aliphatic hydroxyl groups excluding tert-OH is 1. The Morgan fingerprint density at radius 3 is 2.15 bits per heavy atom. The summed E-state index contributed by atoms with van der Waals surface area (Å²) in [5.41, 5.74) is 0.931. The van der Waals surface area contributed by atoms with E-state index in [0.29, 0.717) is 25.7 Å². The van der Waals surface area contributed by atoms with Crippen LogP contribution in [0.15, 0.2) is 53.5 Å². The van der Waals surface area contributed by atoms with Crippen molar-refractivity contribution in [3.8, 4) is 0 Å². The Morgan fingerprint density at radius 2 is 1.58 bits per heavy atom. The summed E-state index contributed by atoms with van der Waals surface area (Å²) < 4.78 is 38.5. The number of carbonyl (C=O) groups excluding carboxylic acids is 1. The molecule has 178 valence electrons. The number of halogens is 3. The number of anilines is 1. The normalized spacial score (nSPS) is 19.8. The molecule has 1 aliphatic carbocycles. The van der Waals surface area contributed by atoms with Crippen molar-refractivity contribution in [1.29, 1.82) is 0 Å². The second-order valence-electron chi connectivity index (χ2n) is 9.39. The quantitative estimate of drug-likeness (QED) is 0.417. The Kier molecular flexibility index (Phi) is 7.47. The van der Waals surface area contributed by atoms with E-state index in [0.717, 1.165) is 35.5 Å². The molecule has 2 aromatic carbocycles. The van der Waals surface area contributed by atoms with Gasteiger partial charge in [-0.2, -0.15) is 13.2 Å². The fraction of sp³-hybridized carbons (Fsp3) is 0.440. The third-order valence-electron chi connectivity index (χ3n) is 5.67. The van der Waals surface area contributed by atoms with Gasteiger partial charge in [-0.15, -0.1) is 0 Å². The van der Waals surface area contributed by atoms with Gasteiger partial charge < -0.3 is 10.4 Å². The fourth-order valence-corrected chi connectivity index (χ4v) is 3.83. The highest BCUT2D eigenvalue weighted by molar-refractivity contribution is 6.10. The number of nitrogens with one attached hydrogen (secondary N) is 2. The van der Waals surface area contributed by atoms with Crippen LogP contribution in [0.25, 0.3) is 0 Å². The number of aliphatic hydroxyl groups is 1. The number of carbonyl (C=O) groups is 1. The summed E-state index contributed by atoms with van der Waals surface area (Å²) in [6.45, 7) is 6.23. The first-order valence-electron chi connectivity index (χ1n) is 11.0. The van der Waals surface area contributed by atoms with E-state index in [4.69, 9.17) is 4.99 Å². The molecule has 33 heavy (non-hydrogen) atoms. The van der Waals surface area contributed by atoms with Crippen LogP contribution >= 0.6 is 0 Å². The minimum Gasteiger partial charge on any atom is -0.393 e. The number of guanidine groups is 1. The van der Waals surface area contributed by atoms with Gasteiger partial charge in [0.25, 0.3) is 5.91 Å². The summed E-state index contributed by atoms with van der Waals surface area (Å²) in [5.74, 6) is -0.322. The van der Waals surface area contributed by atoms with Crippen LogP contribution in [-0.2, 0) is 11.6 Å². The van der Waals surface area contributed by atoms with Gasteiger partial charge in [0.15, 0.2) is 0 Å². The van der Waals surface area contributed by atoms with Crippen LogP contribution in [0.5, 0.6) is 0 Å². The van der Waals surface area contributed by atoms with Gasteiger partial charge in [-0.3, -0.25) is 10.1 Å². The monoisotopic (exact) mass is 461 g/mol. The highest BCUT2D eigenvalue weighted by atomic mass is 19.4. The molecule has 3 N–H and O–H groups in total. The average molecular weight is 462 g/mol. The molecular weight excluding hydrogens is 431 g/mol. The first-order valence-corrected chi connectivity index (χ1v) is 11.0. The molecule has 2 aromatic rings. The molecule has 0 saturated heterocycles. The largest absolute Gasteiger partial charge is 0.416 e. The molecule has 1 saturated carbocycles. The van der Waals surface area contributed by atoms with Gasteiger partial charge >= 0.3 is 6.18 Å². The zero-order chi connectivity index (χ0) is 24.2. The van der Waals surface area contributed by atoms with Crippen molar-refractivity contribution in [3.63, 3.8) is 0 Å². The maximum Gasteiger partial charge on any atom is 0.416 e. The van der Waals surface area contributed by atoms with E-state index >= 15 is 0 Å². The summed E-state index contributed by atoms with van der Waals surface area (Å²) in [6.07, 6.45) is -2.17. The average Bonchev–Trinajstić information content (AvgIpc) is 2.74. The van der Waals surface area contributed by atoms with Crippen molar-refractivity contribution in [1.82, 2.24) is 5.32 Å². The number of rotatable bonds is 3. The van der Waals surface area contributed by atoms with E-state index in [1.54, 1.807) is 0 Å². The maximum atomic E-state index is 12.8. The highest BCUT2D eigenvalue weighted by Gasteiger charge is 2.30. The van der Waals surface area contributed by atoms with Gasteiger partial charge in [-0.05, 0) is 67.0 Å². The van der Waals surface area contributed by atoms with Gasteiger partial charge in [0.1, 0.15) is 0 Å². The molecule has 8 heteroatoms. The predicted octanol–water partition coefficient (Wildman–Crippen LogP) is 5.50. The van der Waals surface area contributed by atoms with Crippen molar-refractivity contribution in [2.24, 2.45) is 4.99 Å². The number of aliphatic imine (C=N–C) groups is 1. The molecule has 0 unspecified atom stereocenters. The van der Waals surface area contributed by atoms with Crippen LogP contribution in [0.3, 0.4) is 0 Å². The van der Waals surface area contributed by atoms with Crippen LogP contribution in [0.1, 0.15) is 67.9 Å². The van der Waals surface area contributed by atoms with Crippen LogP contribution in [0, 0.1) is 0 Å². The van der Waals surface area contributed by atoms with E-state index in [2.05, 4.69) is 31.4 Å². The predicted molar refractivity (Wildman–Crippen MR) is 123 cm³/mol. The number of amides is 1. The van der Waals surface area contributed by atoms with Crippen molar-refractivity contribution in [2.45, 2.75) is 70.2 Å². The molecular formula is C25H30F3N3O2. The number of para-hydroxylation sites is 1. The standard InChI is InChI=1S/C25H30F3N3O2/c1-24(2,3)20-6-4-5-7-21(20)30-23(29-18-12-14-19(32)15-13-18)31-22(33)16-8-10-17(11-9-16)25(26,27)28/h4-11,18-19,32H,12-15H2,1-3H3,(H2,29,30,31,33). The lowest BCUT2D eigenvalue weighted by Crippen LogP contribution is -2.38. The van der Waals surface area contributed by atoms with E-state index in [1.807, 2.05) is 24.3 Å². The Balaban J connectivity index is 1.86. The van der Waals surface area contributed by atoms with Crippen molar-refractivity contribution >= 4 is 17.6 Å². The number of hydrogen-bond donors (Lipinski definition) is 3. The zero-order valence-electron chi connectivity index (χ0n) is 19.0. The first-order chi connectivity index (χ1) is 15.4. The third-order valence-corrected chi connectivity index (χ3v) is 5.67. The van der Waals surface area contributed by atoms with Crippen LogP contribution in [0.4, 0.5) is 18.9 Å². The lowest BCUT2D eigenvalue weighted by atomic mass is 9.86. The van der Waals surface area contributed by atoms with Crippen molar-refractivity contribution < 1.29 is 23.1 Å². The van der Waals surface area contributed by atoms with Crippen LogP contribution in [0.2, 0.25) is 0 Å². The molecule has 0 heterocycles. The third kappa shape index (κ3) is 6.81. The highest BCUT2D eigenvalue weighted by Crippen LogP contribution is 2.30. The first kappa shape index (κ1) is 24.8. The second kappa shape index (κ2) is 9.95. The smallest absolute Gasteiger partial charge is 0.393 e. The van der Waals surface area contributed by atoms with Gasteiger partial charge in [0, 0.05) is 11.3 Å². The Hall–Kier alpha value is -2.87. The summed E-state index contributed by atoms with van der Waals surface area (Å²) in [7, 11) is 0. The number of benzene rings is 2. The minimum absolute atomic E-state index is 0.0781. The maximum absolute atomic E-state index is 12.8.